The van der Waals surface area contributed by atoms with Crippen LogP contribution in [0.3, 0.4) is 0 Å². The summed E-state index contributed by atoms with van der Waals surface area (Å²) in [5, 5.41) is 5.48. The third-order valence-electron chi connectivity index (χ3n) is 2.66. The topological polar surface area (TPSA) is 58.2 Å². The summed E-state index contributed by atoms with van der Waals surface area (Å²) in [4.78, 5) is 22.2. The minimum absolute atomic E-state index is 0.0547. The van der Waals surface area contributed by atoms with Crippen molar-refractivity contribution in [3.8, 4) is 0 Å². The molecule has 0 spiro atoms. The van der Waals surface area contributed by atoms with Crippen LogP contribution >= 0.6 is 11.6 Å². The van der Waals surface area contributed by atoms with Crippen LogP contribution < -0.4 is 10.6 Å². The summed E-state index contributed by atoms with van der Waals surface area (Å²) in [6.45, 7) is 2.08. The number of amides is 2. The Morgan fingerprint density at radius 2 is 2.00 bits per heavy atom. The predicted octanol–water partition coefficient (Wildman–Crippen LogP) is 3.11. The van der Waals surface area contributed by atoms with E-state index in [4.69, 9.17) is 11.6 Å². The summed E-state index contributed by atoms with van der Waals surface area (Å²) in [6.07, 6.45) is 2.67. The van der Waals surface area contributed by atoms with Crippen LogP contribution in [-0.2, 0) is 9.59 Å². The second kappa shape index (κ2) is 8.53. The molecule has 0 bridgehead atoms. The molecule has 0 heterocycles. The first-order valence-corrected chi connectivity index (χ1v) is 6.86. The van der Waals surface area contributed by atoms with Gasteiger partial charge in [0.1, 0.15) is 5.82 Å². The van der Waals surface area contributed by atoms with Gasteiger partial charge in [0.2, 0.25) is 11.8 Å². The Labute approximate surface area is 122 Å². The number of anilines is 1. The number of unbranched alkanes of at least 4 members (excludes halogenated alkanes) is 2. The molecule has 0 aliphatic rings. The lowest BCUT2D eigenvalue weighted by Gasteiger charge is -2.07. The quantitative estimate of drug-likeness (QED) is 0.760. The van der Waals surface area contributed by atoms with Crippen LogP contribution in [0.1, 0.15) is 32.6 Å². The van der Waals surface area contributed by atoms with Crippen LogP contribution in [0.25, 0.3) is 0 Å². The summed E-state index contributed by atoms with van der Waals surface area (Å²) in [7, 11) is 0. The Morgan fingerprint density at radius 3 is 2.65 bits per heavy atom. The third kappa shape index (κ3) is 6.52. The lowest BCUT2D eigenvalue weighted by molar-refractivity contribution is -0.119. The van der Waals surface area contributed by atoms with Crippen LogP contribution in [0.4, 0.5) is 10.1 Å². The van der Waals surface area contributed by atoms with E-state index in [9.17, 15) is 14.0 Å². The first-order chi connectivity index (χ1) is 9.49. The normalized spacial score (nSPS) is 10.2. The molecule has 4 nitrogen and oxygen atoms in total. The molecule has 1 aromatic carbocycles. The average Bonchev–Trinajstić information content (AvgIpc) is 2.36. The maximum Gasteiger partial charge on any atom is 0.224 e. The molecule has 1 rings (SSSR count). The average molecular weight is 301 g/mol. The second-order valence-corrected chi connectivity index (χ2v) is 4.90. The van der Waals surface area contributed by atoms with Gasteiger partial charge in [0.25, 0.3) is 0 Å². The monoisotopic (exact) mass is 300 g/mol. The number of benzene rings is 1. The molecule has 0 saturated heterocycles. The van der Waals surface area contributed by atoms with E-state index < -0.39 is 5.82 Å². The number of hydrogen-bond acceptors (Lipinski definition) is 2. The molecule has 0 radical (unpaired) electrons. The highest BCUT2D eigenvalue weighted by atomic mass is 35.5. The van der Waals surface area contributed by atoms with Gasteiger partial charge in [-0.15, -0.1) is 0 Å². The Kier molecular flexibility index (Phi) is 7.01. The number of halogens is 2. The molecule has 0 aliphatic carbocycles. The van der Waals surface area contributed by atoms with Crippen LogP contribution in [0.5, 0.6) is 0 Å². The van der Waals surface area contributed by atoms with Gasteiger partial charge in [0, 0.05) is 24.9 Å². The summed E-state index contributed by atoms with van der Waals surface area (Å²) >= 11 is 5.63. The number of nitrogens with one attached hydrogen (secondary N) is 2. The van der Waals surface area contributed by atoms with Crippen LogP contribution in [0.2, 0.25) is 5.02 Å². The second-order valence-electron chi connectivity index (χ2n) is 4.47. The van der Waals surface area contributed by atoms with Crippen molar-refractivity contribution < 1.29 is 14.0 Å². The van der Waals surface area contributed by atoms with Gasteiger partial charge in [-0.3, -0.25) is 9.59 Å². The van der Waals surface area contributed by atoms with Gasteiger partial charge < -0.3 is 10.6 Å². The minimum Gasteiger partial charge on any atom is -0.356 e. The van der Waals surface area contributed by atoms with Crippen molar-refractivity contribution in [2.24, 2.45) is 0 Å². The Morgan fingerprint density at radius 1 is 1.25 bits per heavy atom. The van der Waals surface area contributed by atoms with Crippen molar-refractivity contribution in [1.29, 1.82) is 0 Å². The Hall–Kier alpha value is -1.62. The summed E-state index contributed by atoms with van der Waals surface area (Å²) in [5.74, 6) is -0.830. The van der Waals surface area contributed by atoms with Crippen LogP contribution in [-0.4, -0.2) is 18.4 Å². The molecule has 0 saturated carbocycles. The molecule has 2 N–H and O–H groups in total. The van der Waals surface area contributed by atoms with Crippen molar-refractivity contribution >= 4 is 29.1 Å². The fourth-order valence-electron chi connectivity index (χ4n) is 1.66. The predicted molar refractivity (Wildman–Crippen MR) is 77.2 cm³/mol. The standard InChI is InChI=1S/C14H18ClFN2O2/c1-10(19)17-8-4-2-3-5-14(20)18-13-7-6-11(15)9-12(13)16/h6-7,9H,2-5,8H2,1H3,(H,17,19)(H,18,20). The lowest BCUT2D eigenvalue weighted by atomic mass is 10.2. The van der Waals surface area contributed by atoms with E-state index >= 15 is 0 Å². The fraction of sp³-hybridized carbons (Fsp3) is 0.429. The van der Waals surface area contributed by atoms with Crippen LogP contribution in [0.15, 0.2) is 18.2 Å². The zero-order valence-electron chi connectivity index (χ0n) is 11.3. The highest BCUT2D eigenvalue weighted by molar-refractivity contribution is 6.30. The maximum atomic E-state index is 13.4. The molecule has 6 heteroatoms. The highest BCUT2D eigenvalue weighted by Gasteiger charge is 2.07. The molecule has 0 unspecified atom stereocenters. The smallest absolute Gasteiger partial charge is 0.224 e. The Balaban J connectivity index is 2.22. The van der Waals surface area contributed by atoms with Gasteiger partial charge in [0.05, 0.1) is 5.69 Å². The van der Waals surface area contributed by atoms with E-state index in [-0.39, 0.29) is 17.5 Å². The first kappa shape index (κ1) is 16.4. The molecule has 0 atom stereocenters. The van der Waals surface area contributed by atoms with Crippen molar-refractivity contribution in [2.45, 2.75) is 32.6 Å². The molecule has 2 amide bonds. The van der Waals surface area contributed by atoms with Gasteiger partial charge in [-0.25, -0.2) is 4.39 Å². The van der Waals surface area contributed by atoms with Crippen molar-refractivity contribution in [2.75, 3.05) is 11.9 Å². The summed E-state index contributed by atoms with van der Waals surface area (Å²) in [6, 6.07) is 4.12. The largest absolute Gasteiger partial charge is 0.356 e. The zero-order valence-corrected chi connectivity index (χ0v) is 12.1. The van der Waals surface area contributed by atoms with E-state index in [1.807, 2.05) is 0 Å². The van der Waals surface area contributed by atoms with E-state index in [1.165, 1.54) is 19.1 Å². The van der Waals surface area contributed by atoms with E-state index in [2.05, 4.69) is 10.6 Å². The molecule has 0 aromatic heterocycles. The zero-order chi connectivity index (χ0) is 15.0. The maximum absolute atomic E-state index is 13.4. The number of rotatable bonds is 7. The number of carbonyl (C=O) groups is 2. The molecule has 0 fully saturated rings. The van der Waals surface area contributed by atoms with Gasteiger partial charge in [-0.05, 0) is 31.0 Å². The summed E-state index contributed by atoms with van der Waals surface area (Å²) in [5.41, 5.74) is 0.137. The highest BCUT2D eigenvalue weighted by Crippen LogP contribution is 2.19. The van der Waals surface area contributed by atoms with Crippen molar-refractivity contribution in [3.05, 3.63) is 29.0 Å². The van der Waals surface area contributed by atoms with Gasteiger partial charge >= 0.3 is 0 Å². The molecule has 1 aromatic rings. The van der Waals surface area contributed by atoms with E-state index in [0.29, 0.717) is 24.4 Å². The van der Waals surface area contributed by atoms with Gasteiger partial charge in [0.15, 0.2) is 0 Å². The third-order valence-corrected chi connectivity index (χ3v) is 2.89. The van der Waals surface area contributed by atoms with Gasteiger partial charge in [-0.2, -0.15) is 0 Å². The van der Waals surface area contributed by atoms with Gasteiger partial charge in [-0.1, -0.05) is 18.0 Å². The summed E-state index contributed by atoms with van der Waals surface area (Å²) < 4.78 is 13.4. The minimum atomic E-state index is -0.545. The molecular weight excluding hydrogens is 283 g/mol. The van der Waals surface area contributed by atoms with E-state index in [1.54, 1.807) is 0 Å². The van der Waals surface area contributed by atoms with Crippen molar-refractivity contribution in [3.63, 3.8) is 0 Å². The van der Waals surface area contributed by atoms with E-state index in [0.717, 1.165) is 18.9 Å². The van der Waals surface area contributed by atoms with Crippen LogP contribution in [0, 0.1) is 5.82 Å². The van der Waals surface area contributed by atoms with Crippen molar-refractivity contribution in [1.82, 2.24) is 5.32 Å². The molecule has 0 aliphatic heterocycles. The molecule has 110 valence electrons. The number of carbonyl (C=O) groups excluding carboxylic acids is 2. The first-order valence-electron chi connectivity index (χ1n) is 6.48. The lowest BCUT2D eigenvalue weighted by Crippen LogP contribution is -2.20. The Bertz CT molecular complexity index is 480. The molecular formula is C14H18ClFN2O2. The fourth-order valence-corrected chi connectivity index (χ4v) is 1.81. The SMILES string of the molecule is CC(=O)NCCCCCC(=O)Nc1ccc(Cl)cc1F. The number of hydrogen-bond donors (Lipinski definition) is 2. The molecule has 20 heavy (non-hydrogen) atoms.